The number of fused-ring (bicyclic) bond motifs is 1. The molecule has 1 aliphatic rings. The second kappa shape index (κ2) is 6.95. The Morgan fingerprint density at radius 2 is 2.12 bits per heavy atom. The maximum Gasteiger partial charge on any atom is 0.318 e. The largest absolute Gasteiger partial charge is 0.372 e. The van der Waals surface area contributed by atoms with Gasteiger partial charge in [-0.05, 0) is 30.5 Å². The molecule has 0 bridgehead atoms. The molecule has 24 heavy (non-hydrogen) atoms. The number of aromatic nitrogens is 2. The van der Waals surface area contributed by atoms with Crippen molar-refractivity contribution in [2.24, 2.45) is 7.05 Å². The summed E-state index contributed by atoms with van der Waals surface area (Å²) in [6.45, 7) is 4.18. The Balaban J connectivity index is 1.63. The number of aryl methyl sites for hydroxylation is 1. The highest BCUT2D eigenvalue weighted by Crippen LogP contribution is 2.25. The zero-order valence-corrected chi connectivity index (χ0v) is 14.6. The Kier molecular flexibility index (Phi) is 4.74. The molecule has 2 amide bonds. The molecule has 0 saturated heterocycles. The van der Waals surface area contributed by atoms with Crippen LogP contribution < -0.4 is 10.2 Å². The highest BCUT2D eigenvalue weighted by atomic mass is 16.2. The first-order valence-corrected chi connectivity index (χ1v) is 8.35. The van der Waals surface area contributed by atoms with Crippen molar-refractivity contribution in [3.63, 3.8) is 0 Å². The Bertz CT molecular complexity index is 711. The van der Waals surface area contributed by atoms with Gasteiger partial charge in [-0.25, -0.2) is 4.79 Å². The number of amides is 2. The Morgan fingerprint density at radius 3 is 2.88 bits per heavy atom. The van der Waals surface area contributed by atoms with Crippen LogP contribution in [0.1, 0.15) is 18.1 Å². The molecule has 0 aliphatic carbocycles. The standard InChI is InChI=1S/C18H25N5O/c1-14-11-21(2)17-7-5-4-6-16(17)13-23(14)18(24)19-9-8-15-10-20-22(3)12-15/h4-7,10,12,14H,8-9,11,13H2,1-3H3,(H,19,24)/t14-/m0/s1. The average Bonchev–Trinajstić information content (AvgIpc) is 2.92. The summed E-state index contributed by atoms with van der Waals surface area (Å²) in [6.07, 6.45) is 4.61. The molecule has 0 fully saturated rings. The molecule has 0 spiro atoms. The zero-order valence-electron chi connectivity index (χ0n) is 14.6. The SMILES string of the molecule is C[C@H]1CN(C)c2ccccc2CN1C(=O)NCCc1cnn(C)c1. The monoisotopic (exact) mass is 327 g/mol. The minimum absolute atomic E-state index is 0.00325. The fourth-order valence-electron chi connectivity index (χ4n) is 3.24. The van der Waals surface area contributed by atoms with Gasteiger partial charge in [0.25, 0.3) is 0 Å². The van der Waals surface area contributed by atoms with Gasteiger partial charge < -0.3 is 15.1 Å². The van der Waals surface area contributed by atoms with Crippen LogP contribution in [0.25, 0.3) is 0 Å². The van der Waals surface area contributed by atoms with Gasteiger partial charge >= 0.3 is 6.03 Å². The normalized spacial score (nSPS) is 17.4. The molecule has 1 aromatic carbocycles. The average molecular weight is 327 g/mol. The molecule has 0 unspecified atom stereocenters. The van der Waals surface area contributed by atoms with Gasteiger partial charge in [-0.15, -0.1) is 0 Å². The summed E-state index contributed by atoms with van der Waals surface area (Å²) in [5.74, 6) is 0. The lowest BCUT2D eigenvalue weighted by Crippen LogP contribution is -2.47. The van der Waals surface area contributed by atoms with E-state index >= 15 is 0 Å². The number of nitrogens with one attached hydrogen (secondary N) is 1. The highest BCUT2D eigenvalue weighted by molar-refractivity contribution is 5.75. The summed E-state index contributed by atoms with van der Waals surface area (Å²) in [5, 5.41) is 7.20. The number of carbonyl (C=O) groups is 1. The van der Waals surface area contributed by atoms with E-state index in [0.29, 0.717) is 13.1 Å². The van der Waals surface area contributed by atoms with Crippen molar-refractivity contribution in [2.75, 3.05) is 25.0 Å². The molecular formula is C18H25N5O. The first kappa shape index (κ1) is 16.4. The van der Waals surface area contributed by atoms with Gasteiger partial charge in [-0.1, -0.05) is 18.2 Å². The van der Waals surface area contributed by atoms with Gasteiger partial charge in [0.2, 0.25) is 0 Å². The van der Waals surface area contributed by atoms with E-state index in [1.54, 1.807) is 4.68 Å². The molecule has 1 aromatic heterocycles. The summed E-state index contributed by atoms with van der Waals surface area (Å²) >= 11 is 0. The molecule has 2 aromatic rings. The molecular weight excluding hydrogens is 302 g/mol. The van der Waals surface area contributed by atoms with E-state index in [1.165, 1.54) is 11.3 Å². The molecule has 128 valence electrons. The highest BCUT2D eigenvalue weighted by Gasteiger charge is 2.26. The van der Waals surface area contributed by atoms with Crippen LogP contribution in [0.5, 0.6) is 0 Å². The number of urea groups is 1. The van der Waals surface area contributed by atoms with Crippen molar-refractivity contribution in [3.05, 3.63) is 47.8 Å². The van der Waals surface area contributed by atoms with E-state index < -0.39 is 0 Å². The number of nitrogens with zero attached hydrogens (tertiary/aromatic N) is 4. The van der Waals surface area contributed by atoms with Crippen molar-refractivity contribution in [2.45, 2.75) is 25.9 Å². The van der Waals surface area contributed by atoms with Crippen molar-refractivity contribution < 1.29 is 4.79 Å². The van der Waals surface area contributed by atoms with Crippen molar-refractivity contribution in [3.8, 4) is 0 Å². The van der Waals surface area contributed by atoms with Gasteiger partial charge in [0.1, 0.15) is 0 Å². The number of likely N-dealkylation sites (N-methyl/N-ethyl adjacent to an activating group) is 1. The maximum absolute atomic E-state index is 12.6. The van der Waals surface area contributed by atoms with Crippen molar-refractivity contribution >= 4 is 11.7 Å². The predicted molar refractivity (Wildman–Crippen MR) is 95.0 cm³/mol. The van der Waals surface area contributed by atoms with Gasteiger partial charge in [0, 0.05) is 51.7 Å². The van der Waals surface area contributed by atoms with Crippen LogP contribution in [0.4, 0.5) is 10.5 Å². The number of rotatable bonds is 3. The summed E-state index contributed by atoms with van der Waals surface area (Å²) in [6, 6.07) is 8.44. The maximum atomic E-state index is 12.6. The number of hydrogen-bond donors (Lipinski definition) is 1. The number of benzene rings is 1. The van der Waals surface area contributed by atoms with Crippen LogP contribution in [0.15, 0.2) is 36.7 Å². The molecule has 1 N–H and O–H groups in total. The van der Waals surface area contributed by atoms with Crippen LogP contribution in [0.2, 0.25) is 0 Å². The van der Waals surface area contributed by atoms with Crippen LogP contribution in [-0.2, 0) is 20.0 Å². The van der Waals surface area contributed by atoms with E-state index in [1.807, 2.05) is 36.5 Å². The van der Waals surface area contributed by atoms with E-state index in [2.05, 4.69) is 41.4 Å². The minimum Gasteiger partial charge on any atom is -0.372 e. The van der Waals surface area contributed by atoms with Gasteiger partial charge in [0.15, 0.2) is 0 Å². The van der Waals surface area contributed by atoms with Crippen molar-refractivity contribution in [1.82, 2.24) is 20.0 Å². The third-order valence-corrected chi connectivity index (χ3v) is 4.52. The summed E-state index contributed by atoms with van der Waals surface area (Å²) in [7, 11) is 3.98. The van der Waals surface area contributed by atoms with E-state index in [9.17, 15) is 4.79 Å². The molecule has 0 saturated carbocycles. The molecule has 6 nitrogen and oxygen atoms in total. The molecule has 1 aliphatic heterocycles. The van der Waals surface area contributed by atoms with E-state index in [-0.39, 0.29) is 12.1 Å². The summed E-state index contributed by atoms with van der Waals surface area (Å²) in [4.78, 5) is 16.8. The quantitative estimate of drug-likeness (QED) is 0.938. The number of hydrogen-bond acceptors (Lipinski definition) is 3. The fraction of sp³-hybridized carbons (Fsp3) is 0.444. The predicted octanol–water partition coefficient (Wildman–Crippen LogP) is 2.01. The third-order valence-electron chi connectivity index (χ3n) is 4.52. The first-order valence-electron chi connectivity index (χ1n) is 8.35. The Labute approximate surface area is 143 Å². The van der Waals surface area contributed by atoms with Gasteiger partial charge in [-0.2, -0.15) is 5.10 Å². The topological polar surface area (TPSA) is 53.4 Å². The number of anilines is 1. The minimum atomic E-state index is -0.00325. The Hall–Kier alpha value is -2.50. The van der Waals surface area contributed by atoms with Crippen molar-refractivity contribution in [1.29, 1.82) is 0 Å². The lowest BCUT2D eigenvalue weighted by atomic mass is 10.1. The summed E-state index contributed by atoms with van der Waals surface area (Å²) < 4.78 is 1.78. The van der Waals surface area contributed by atoms with E-state index in [0.717, 1.165) is 18.5 Å². The first-order chi connectivity index (χ1) is 11.5. The second-order valence-corrected chi connectivity index (χ2v) is 6.49. The second-order valence-electron chi connectivity index (χ2n) is 6.49. The third kappa shape index (κ3) is 3.53. The van der Waals surface area contributed by atoms with Crippen LogP contribution >= 0.6 is 0 Å². The van der Waals surface area contributed by atoms with Gasteiger partial charge in [-0.3, -0.25) is 4.68 Å². The molecule has 2 heterocycles. The lowest BCUT2D eigenvalue weighted by Gasteiger charge is -2.28. The Morgan fingerprint density at radius 1 is 1.33 bits per heavy atom. The van der Waals surface area contributed by atoms with Crippen LogP contribution in [0, 0.1) is 0 Å². The van der Waals surface area contributed by atoms with E-state index in [4.69, 9.17) is 0 Å². The number of para-hydroxylation sites is 1. The van der Waals surface area contributed by atoms with Crippen LogP contribution in [0.3, 0.4) is 0 Å². The molecule has 0 radical (unpaired) electrons. The molecule has 6 heteroatoms. The van der Waals surface area contributed by atoms with Crippen LogP contribution in [-0.4, -0.2) is 46.9 Å². The number of carbonyl (C=O) groups excluding carboxylic acids is 1. The smallest absolute Gasteiger partial charge is 0.318 e. The zero-order chi connectivity index (χ0) is 17.1. The molecule has 1 atom stereocenters. The van der Waals surface area contributed by atoms with Gasteiger partial charge in [0.05, 0.1) is 6.20 Å². The molecule has 3 rings (SSSR count). The summed E-state index contributed by atoms with van der Waals surface area (Å²) in [5.41, 5.74) is 3.52. The lowest BCUT2D eigenvalue weighted by molar-refractivity contribution is 0.178. The fourth-order valence-corrected chi connectivity index (χ4v) is 3.24.